The van der Waals surface area contributed by atoms with Gasteiger partial charge in [-0.05, 0) is 65.6 Å². The largest absolute Gasteiger partial charge is 0.468 e. The SMILES string of the molecule is COC(=O)[C@@]12CCCN1[C@H](COS(=O)(=O)c1ccc(C)cc1)[C@H](C(=O)OC(C)(C)C)C2. The van der Waals surface area contributed by atoms with E-state index in [9.17, 15) is 18.0 Å². The summed E-state index contributed by atoms with van der Waals surface area (Å²) in [6.07, 6.45) is 1.50. The summed E-state index contributed by atoms with van der Waals surface area (Å²) in [5.41, 5.74) is -0.737. The van der Waals surface area contributed by atoms with Crippen molar-refractivity contribution in [1.29, 1.82) is 0 Å². The first-order valence-electron chi connectivity index (χ1n) is 10.4. The van der Waals surface area contributed by atoms with Crippen molar-refractivity contribution in [3.63, 3.8) is 0 Å². The topological polar surface area (TPSA) is 99.2 Å². The molecule has 1 aromatic carbocycles. The molecule has 0 amide bonds. The van der Waals surface area contributed by atoms with Gasteiger partial charge in [-0.25, -0.2) is 0 Å². The van der Waals surface area contributed by atoms with E-state index in [0.717, 1.165) is 12.0 Å². The number of carbonyl (C=O) groups is 2. The number of hydrogen-bond acceptors (Lipinski definition) is 8. The maximum absolute atomic E-state index is 13.0. The maximum Gasteiger partial charge on any atom is 0.326 e. The third kappa shape index (κ3) is 4.78. The monoisotopic (exact) mass is 453 g/mol. The van der Waals surface area contributed by atoms with Crippen LogP contribution in [-0.2, 0) is 33.4 Å². The van der Waals surface area contributed by atoms with Crippen LogP contribution in [0.2, 0.25) is 0 Å². The minimum atomic E-state index is -4.02. The molecule has 8 nitrogen and oxygen atoms in total. The average Bonchev–Trinajstić information content (AvgIpc) is 3.22. The zero-order chi connectivity index (χ0) is 23.0. The van der Waals surface area contributed by atoms with Gasteiger partial charge < -0.3 is 9.47 Å². The van der Waals surface area contributed by atoms with Gasteiger partial charge in [0.15, 0.2) is 0 Å². The van der Waals surface area contributed by atoms with Gasteiger partial charge in [0.05, 0.1) is 24.5 Å². The Kier molecular flexibility index (Phi) is 6.51. The first kappa shape index (κ1) is 23.7. The van der Waals surface area contributed by atoms with Crippen LogP contribution in [0.5, 0.6) is 0 Å². The number of ether oxygens (including phenoxy) is 2. The first-order valence-corrected chi connectivity index (χ1v) is 11.8. The Bertz CT molecular complexity index is 936. The Morgan fingerprint density at radius 2 is 1.84 bits per heavy atom. The standard InChI is InChI=1S/C22H31NO7S/c1-15-7-9-16(10-8-15)31(26,27)29-14-18-17(19(24)30-21(2,3)4)13-22(20(25)28-5)11-6-12-23(18)22/h7-10,17-18H,6,11-14H2,1-5H3/t17-,18-,22+/m1/s1. The molecule has 2 heterocycles. The third-order valence-electron chi connectivity index (χ3n) is 5.94. The van der Waals surface area contributed by atoms with Gasteiger partial charge in [-0.1, -0.05) is 17.7 Å². The van der Waals surface area contributed by atoms with Crippen molar-refractivity contribution >= 4 is 22.1 Å². The molecule has 2 aliphatic rings. The molecule has 9 heteroatoms. The molecule has 0 aromatic heterocycles. The fourth-order valence-electron chi connectivity index (χ4n) is 4.57. The summed E-state index contributed by atoms with van der Waals surface area (Å²) in [7, 11) is -2.70. The highest BCUT2D eigenvalue weighted by Gasteiger charge is 2.61. The third-order valence-corrected chi connectivity index (χ3v) is 7.24. The molecule has 31 heavy (non-hydrogen) atoms. The van der Waals surface area contributed by atoms with E-state index in [4.69, 9.17) is 13.7 Å². The number of nitrogens with zero attached hydrogens (tertiary/aromatic N) is 1. The number of rotatable bonds is 6. The Morgan fingerprint density at radius 1 is 1.19 bits per heavy atom. The van der Waals surface area contributed by atoms with Crippen molar-refractivity contribution in [2.75, 3.05) is 20.3 Å². The molecule has 3 atom stereocenters. The van der Waals surface area contributed by atoms with Crippen LogP contribution in [0.25, 0.3) is 0 Å². The fourth-order valence-corrected chi connectivity index (χ4v) is 5.49. The molecule has 2 aliphatic heterocycles. The lowest BCUT2D eigenvalue weighted by atomic mass is 9.88. The zero-order valence-electron chi connectivity index (χ0n) is 18.7. The quantitative estimate of drug-likeness (QED) is 0.478. The van der Waals surface area contributed by atoms with Crippen LogP contribution in [0, 0.1) is 12.8 Å². The van der Waals surface area contributed by atoms with Crippen LogP contribution in [0.1, 0.15) is 45.6 Å². The second-order valence-electron chi connectivity index (χ2n) is 9.28. The summed E-state index contributed by atoms with van der Waals surface area (Å²) in [5, 5.41) is 0. The second kappa shape index (κ2) is 8.52. The Balaban J connectivity index is 1.87. The number of esters is 2. The molecular formula is C22H31NO7S. The van der Waals surface area contributed by atoms with Gasteiger partial charge in [-0.15, -0.1) is 0 Å². The molecule has 2 saturated heterocycles. The molecule has 0 unspecified atom stereocenters. The smallest absolute Gasteiger partial charge is 0.326 e. The molecule has 0 spiro atoms. The number of aryl methyl sites for hydroxylation is 1. The normalized spacial score (nSPS) is 26.5. The van der Waals surface area contributed by atoms with Gasteiger partial charge in [0, 0.05) is 6.04 Å². The minimum absolute atomic E-state index is 0.0468. The van der Waals surface area contributed by atoms with Crippen molar-refractivity contribution in [3.8, 4) is 0 Å². The van der Waals surface area contributed by atoms with Gasteiger partial charge in [-0.2, -0.15) is 8.42 Å². The van der Waals surface area contributed by atoms with Crippen LogP contribution in [0.4, 0.5) is 0 Å². The maximum atomic E-state index is 13.0. The molecular weight excluding hydrogens is 422 g/mol. The lowest BCUT2D eigenvalue weighted by Gasteiger charge is -2.32. The van der Waals surface area contributed by atoms with E-state index in [-0.39, 0.29) is 17.9 Å². The Morgan fingerprint density at radius 3 is 2.42 bits per heavy atom. The molecule has 3 rings (SSSR count). The molecule has 0 radical (unpaired) electrons. The molecule has 0 bridgehead atoms. The summed E-state index contributed by atoms with van der Waals surface area (Å²) in [6, 6.07) is 5.74. The number of fused-ring (bicyclic) bond motifs is 1. The fraction of sp³-hybridized carbons (Fsp3) is 0.636. The number of hydrogen-bond donors (Lipinski definition) is 0. The van der Waals surface area contributed by atoms with Crippen LogP contribution >= 0.6 is 0 Å². The average molecular weight is 454 g/mol. The molecule has 0 aliphatic carbocycles. The summed E-state index contributed by atoms with van der Waals surface area (Å²) in [5.74, 6) is -1.58. The molecule has 172 valence electrons. The lowest BCUT2D eigenvalue weighted by Crippen LogP contribution is -2.50. The number of carbonyl (C=O) groups excluding carboxylic acids is 2. The van der Waals surface area contributed by atoms with Crippen molar-refractivity contribution in [1.82, 2.24) is 4.90 Å². The van der Waals surface area contributed by atoms with Crippen LogP contribution in [-0.4, -0.2) is 62.7 Å². The van der Waals surface area contributed by atoms with Crippen LogP contribution < -0.4 is 0 Å². The van der Waals surface area contributed by atoms with E-state index in [1.54, 1.807) is 32.9 Å². The van der Waals surface area contributed by atoms with Gasteiger partial charge in [0.25, 0.3) is 10.1 Å². The highest BCUT2D eigenvalue weighted by Crippen LogP contribution is 2.47. The van der Waals surface area contributed by atoms with Crippen LogP contribution in [0.15, 0.2) is 29.2 Å². The van der Waals surface area contributed by atoms with Crippen molar-refractivity contribution in [2.24, 2.45) is 5.92 Å². The van der Waals surface area contributed by atoms with Crippen molar-refractivity contribution < 1.29 is 31.7 Å². The van der Waals surface area contributed by atoms with Crippen molar-refractivity contribution in [3.05, 3.63) is 29.8 Å². The van der Waals surface area contributed by atoms with E-state index < -0.39 is 45.2 Å². The summed E-state index contributed by atoms with van der Waals surface area (Å²) in [4.78, 5) is 27.6. The summed E-state index contributed by atoms with van der Waals surface area (Å²) in [6.45, 7) is 7.46. The Labute approximate surface area is 184 Å². The van der Waals surface area contributed by atoms with E-state index >= 15 is 0 Å². The summed E-state index contributed by atoms with van der Waals surface area (Å²) >= 11 is 0. The number of benzene rings is 1. The predicted octanol–water partition coefficient (Wildman–Crippen LogP) is 2.44. The van der Waals surface area contributed by atoms with Crippen molar-refractivity contribution in [2.45, 2.75) is 69.0 Å². The lowest BCUT2D eigenvalue weighted by molar-refractivity contribution is -0.161. The minimum Gasteiger partial charge on any atom is -0.468 e. The van der Waals surface area contributed by atoms with Gasteiger partial charge in [-0.3, -0.25) is 18.7 Å². The number of methoxy groups -OCH3 is 1. The van der Waals surface area contributed by atoms with Gasteiger partial charge >= 0.3 is 11.9 Å². The van der Waals surface area contributed by atoms with E-state index in [2.05, 4.69) is 0 Å². The van der Waals surface area contributed by atoms with Gasteiger partial charge in [0.2, 0.25) is 0 Å². The van der Waals surface area contributed by atoms with E-state index in [0.29, 0.717) is 13.0 Å². The van der Waals surface area contributed by atoms with Crippen LogP contribution in [0.3, 0.4) is 0 Å². The van der Waals surface area contributed by atoms with E-state index in [1.807, 2.05) is 11.8 Å². The highest BCUT2D eigenvalue weighted by atomic mass is 32.2. The zero-order valence-corrected chi connectivity index (χ0v) is 19.5. The molecule has 1 aromatic rings. The van der Waals surface area contributed by atoms with E-state index in [1.165, 1.54) is 19.2 Å². The summed E-state index contributed by atoms with van der Waals surface area (Å²) < 4.78 is 41.5. The molecule has 2 fully saturated rings. The first-order chi connectivity index (χ1) is 14.4. The predicted molar refractivity (Wildman–Crippen MR) is 113 cm³/mol. The van der Waals surface area contributed by atoms with Gasteiger partial charge in [0.1, 0.15) is 11.1 Å². The molecule has 0 saturated carbocycles. The second-order valence-corrected chi connectivity index (χ2v) is 10.9. The highest BCUT2D eigenvalue weighted by molar-refractivity contribution is 7.86. The molecule has 0 N–H and O–H groups in total. The Hall–Kier alpha value is -1.97.